The molecule has 1 aromatic rings. The molecule has 1 amide bonds. The highest BCUT2D eigenvalue weighted by atomic mass is 32.2. The molecule has 1 unspecified atom stereocenters. The predicted molar refractivity (Wildman–Crippen MR) is 74.1 cm³/mol. The number of thioether (sulfide) groups is 1. The summed E-state index contributed by atoms with van der Waals surface area (Å²) < 4.78 is 0. The van der Waals surface area contributed by atoms with E-state index in [0.29, 0.717) is 10.6 Å². The number of hydrogen-bond donors (Lipinski definition) is 2. The molecule has 0 aliphatic rings. The number of carboxylic acids is 1. The number of carbonyl (C=O) groups excluding carboxylic acids is 1. The lowest BCUT2D eigenvalue weighted by molar-refractivity contribution is -0.384. The van der Waals surface area contributed by atoms with Gasteiger partial charge in [-0.05, 0) is 18.7 Å². The largest absolute Gasteiger partial charge is 0.480 e. The molecule has 7 nitrogen and oxygen atoms in total. The normalized spacial score (nSPS) is 11.7. The number of aliphatic carboxylic acids is 1. The molecule has 0 saturated heterocycles. The Hall–Kier alpha value is -2.09. The van der Waals surface area contributed by atoms with Gasteiger partial charge >= 0.3 is 5.97 Å². The quantitative estimate of drug-likeness (QED) is 0.471. The van der Waals surface area contributed by atoms with Crippen LogP contribution in [-0.2, 0) is 4.79 Å². The van der Waals surface area contributed by atoms with Gasteiger partial charge in [0.2, 0.25) is 0 Å². The molecule has 0 saturated carbocycles. The summed E-state index contributed by atoms with van der Waals surface area (Å²) in [6.07, 6.45) is 0. The molecule has 0 aromatic heterocycles. The van der Waals surface area contributed by atoms with Crippen LogP contribution in [0.25, 0.3) is 0 Å². The summed E-state index contributed by atoms with van der Waals surface area (Å²) in [5, 5.41) is 21.8. The van der Waals surface area contributed by atoms with Gasteiger partial charge in [-0.1, -0.05) is 6.92 Å². The molecule has 8 heteroatoms. The second kappa shape index (κ2) is 6.90. The molecule has 2 N–H and O–H groups in total. The first-order chi connectivity index (χ1) is 9.36. The molecule has 0 heterocycles. The van der Waals surface area contributed by atoms with E-state index in [-0.39, 0.29) is 11.3 Å². The number of carboxylic acid groups (broad SMARTS) is 1. The number of nitro groups is 1. The van der Waals surface area contributed by atoms with Crippen LogP contribution in [0.3, 0.4) is 0 Å². The summed E-state index contributed by atoms with van der Waals surface area (Å²) >= 11 is 1.36. The summed E-state index contributed by atoms with van der Waals surface area (Å²) in [5.41, 5.74) is -0.0993. The van der Waals surface area contributed by atoms with Crippen LogP contribution in [0.2, 0.25) is 0 Å². The van der Waals surface area contributed by atoms with E-state index in [9.17, 15) is 19.7 Å². The Bertz CT molecular complexity index is 547. The average molecular weight is 298 g/mol. The van der Waals surface area contributed by atoms with Gasteiger partial charge in [0.25, 0.3) is 11.6 Å². The van der Waals surface area contributed by atoms with Gasteiger partial charge in [0.15, 0.2) is 0 Å². The smallest absolute Gasteiger partial charge is 0.325 e. The number of non-ortho nitro benzene ring substituents is 1. The van der Waals surface area contributed by atoms with Gasteiger partial charge in [0.05, 0.1) is 10.5 Å². The standard InChI is InChI=1S/C12H14N2O5S/c1-3-20-10-5-4-8(14(18)19)6-9(10)11(15)13-7(2)12(16)17/h4-7H,3H2,1-2H3,(H,13,15)(H,16,17). The first kappa shape index (κ1) is 16.0. The number of nitrogens with zero attached hydrogens (tertiary/aromatic N) is 1. The van der Waals surface area contributed by atoms with Crippen LogP contribution in [0, 0.1) is 10.1 Å². The Labute approximate surface area is 119 Å². The fraction of sp³-hybridized carbons (Fsp3) is 0.333. The van der Waals surface area contributed by atoms with Gasteiger partial charge in [0.1, 0.15) is 6.04 Å². The highest BCUT2D eigenvalue weighted by molar-refractivity contribution is 7.99. The molecule has 0 aliphatic carbocycles. The van der Waals surface area contributed by atoms with Crippen molar-refractivity contribution in [1.82, 2.24) is 5.32 Å². The minimum atomic E-state index is -1.17. The lowest BCUT2D eigenvalue weighted by Gasteiger charge is -2.12. The van der Waals surface area contributed by atoms with Gasteiger partial charge in [-0.15, -0.1) is 11.8 Å². The van der Waals surface area contributed by atoms with Gasteiger partial charge in [-0.2, -0.15) is 0 Å². The van der Waals surface area contributed by atoms with E-state index in [2.05, 4.69) is 5.32 Å². The third-order valence-electron chi connectivity index (χ3n) is 2.44. The zero-order chi connectivity index (χ0) is 15.3. The number of carbonyl (C=O) groups is 2. The van der Waals surface area contributed by atoms with Crippen LogP contribution in [0.15, 0.2) is 23.1 Å². The van der Waals surface area contributed by atoms with Crippen molar-refractivity contribution in [3.05, 3.63) is 33.9 Å². The lowest BCUT2D eigenvalue weighted by atomic mass is 10.1. The highest BCUT2D eigenvalue weighted by Crippen LogP contribution is 2.26. The molecule has 0 radical (unpaired) electrons. The van der Waals surface area contributed by atoms with Crippen molar-refractivity contribution in [3.63, 3.8) is 0 Å². The van der Waals surface area contributed by atoms with Crippen molar-refractivity contribution < 1.29 is 19.6 Å². The topological polar surface area (TPSA) is 110 Å². The maximum atomic E-state index is 12.0. The minimum Gasteiger partial charge on any atom is -0.480 e. The molecule has 20 heavy (non-hydrogen) atoms. The monoisotopic (exact) mass is 298 g/mol. The van der Waals surface area contributed by atoms with Crippen LogP contribution in [-0.4, -0.2) is 33.7 Å². The van der Waals surface area contributed by atoms with Gasteiger partial charge in [-0.25, -0.2) is 0 Å². The Morgan fingerprint density at radius 3 is 2.65 bits per heavy atom. The fourth-order valence-electron chi connectivity index (χ4n) is 1.43. The lowest BCUT2D eigenvalue weighted by Crippen LogP contribution is -2.38. The van der Waals surface area contributed by atoms with Gasteiger partial charge in [-0.3, -0.25) is 19.7 Å². The van der Waals surface area contributed by atoms with Crippen LogP contribution < -0.4 is 5.32 Å². The van der Waals surface area contributed by atoms with Gasteiger partial charge < -0.3 is 10.4 Å². The van der Waals surface area contributed by atoms with Crippen LogP contribution in [0.1, 0.15) is 24.2 Å². The van der Waals surface area contributed by atoms with Crippen molar-refractivity contribution in [3.8, 4) is 0 Å². The summed E-state index contributed by atoms with van der Waals surface area (Å²) in [4.78, 5) is 33.5. The Morgan fingerprint density at radius 1 is 1.50 bits per heavy atom. The summed E-state index contributed by atoms with van der Waals surface area (Å²) in [6.45, 7) is 3.21. The third kappa shape index (κ3) is 3.95. The van der Waals surface area contributed by atoms with E-state index in [4.69, 9.17) is 5.11 Å². The summed E-state index contributed by atoms with van der Waals surface area (Å²) in [7, 11) is 0. The zero-order valence-corrected chi connectivity index (χ0v) is 11.8. The average Bonchev–Trinajstić information content (AvgIpc) is 2.38. The molecule has 0 aliphatic heterocycles. The first-order valence-corrected chi connectivity index (χ1v) is 6.80. The number of amides is 1. The molecule has 1 rings (SSSR count). The van der Waals surface area contributed by atoms with Crippen molar-refractivity contribution in [2.75, 3.05) is 5.75 Å². The second-order valence-corrected chi connectivity index (χ2v) is 5.21. The van der Waals surface area contributed by atoms with Crippen LogP contribution in [0.4, 0.5) is 5.69 Å². The maximum Gasteiger partial charge on any atom is 0.325 e. The molecule has 0 fully saturated rings. The Kier molecular flexibility index (Phi) is 5.51. The third-order valence-corrected chi connectivity index (χ3v) is 3.39. The first-order valence-electron chi connectivity index (χ1n) is 5.81. The molecule has 1 atom stereocenters. The van der Waals surface area contributed by atoms with E-state index in [0.717, 1.165) is 6.07 Å². The van der Waals surface area contributed by atoms with Crippen molar-refractivity contribution >= 4 is 29.3 Å². The fourth-order valence-corrected chi connectivity index (χ4v) is 2.21. The Balaban J connectivity index is 3.11. The number of hydrogen-bond acceptors (Lipinski definition) is 5. The molecule has 1 aromatic carbocycles. The van der Waals surface area contributed by atoms with Crippen LogP contribution in [0.5, 0.6) is 0 Å². The molecule has 0 bridgehead atoms. The molecule has 0 spiro atoms. The minimum absolute atomic E-state index is 0.110. The van der Waals surface area contributed by atoms with E-state index in [1.54, 1.807) is 0 Å². The van der Waals surface area contributed by atoms with Gasteiger partial charge in [0, 0.05) is 17.0 Å². The maximum absolute atomic E-state index is 12.0. The molecular weight excluding hydrogens is 284 g/mol. The van der Waals surface area contributed by atoms with Crippen LogP contribution >= 0.6 is 11.8 Å². The second-order valence-electron chi connectivity index (χ2n) is 3.90. The summed E-state index contributed by atoms with van der Waals surface area (Å²) in [6, 6.07) is 2.89. The number of benzene rings is 1. The van der Waals surface area contributed by atoms with Crippen molar-refractivity contribution in [1.29, 1.82) is 0 Å². The SMILES string of the molecule is CCSc1ccc([N+](=O)[O-])cc1C(=O)NC(C)C(=O)O. The number of nitro benzene ring substituents is 1. The highest BCUT2D eigenvalue weighted by Gasteiger charge is 2.20. The number of nitrogens with one attached hydrogen (secondary N) is 1. The zero-order valence-electron chi connectivity index (χ0n) is 11.0. The van der Waals surface area contributed by atoms with Crippen molar-refractivity contribution in [2.45, 2.75) is 24.8 Å². The molecular formula is C12H14N2O5S. The van der Waals surface area contributed by atoms with E-state index >= 15 is 0 Å². The van der Waals surface area contributed by atoms with E-state index < -0.39 is 22.8 Å². The van der Waals surface area contributed by atoms with E-state index in [1.165, 1.54) is 30.8 Å². The van der Waals surface area contributed by atoms with Crippen molar-refractivity contribution in [2.24, 2.45) is 0 Å². The number of rotatable bonds is 6. The Morgan fingerprint density at radius 2 is 2.15 bits per heavy atom. The molecule has 108 valence electrons. The predicted octanol–water partition coefficient (Wildman–Crippen LogP) is 1.91. The van der Waals surface area contributed by atoms with E-state index in [1.807, 2.05) is 6.92 Å². The summed E-state index contributed by atoms with van der Waals surface area (Å²) in [5.74, 6) is -1.12.